The molecule has 0 bridgehead atoms. The maximum atomic E-state index is 12.9. The van der Waals surface area contributed by atoms with Gasteiger partial charge >= 0.3 is 0 Å². The minimum absolute atomic E-state index is 0.0160. The van der Waals surface area contributed by atoms with Gasteiger partial charge in [-0.2, -0.15) is 0 Å². The molecule has 0 saturated carbocycles. The molecule has 1 N–H and O–H groups in total. The SMILES string of the molecule is CCCS(=O)(=O)N1CCCC(C(=O)NCC(c2ccc(C)cc2)N2CCCC2)C1. The maximum Gasteiger partial charge on any atom is 0.224 e. The molecule has 0 aliphatic carbocycles. The van der Waals surface area contributed by atoms with Crippen LogP contribution in [0.25, 0.3) is 0 Å². The van der Waals surface area contributed by atoms with Crippen molar-refractivity contribution in [2.75, 3.05) is 38.5 Å². The molecule has 0 spiro atoms. The number of rotatable bonds is 8. The summed E-state index contributed by atoms with van der Waals surface area (Å²) in [5.41, 5.74) is 2.46. The van der Waals surface area contributed by atoms with Crippen molar-refractivity contribution in [1.29, 1.82) is 0 Å². The highest BCUT2D eigenvalue weighted by Gasteiger charge is 2.32. The smallest absolute Gasteiger partial charge is 0.224 e. The van der Waals surface area contributed by atoms with Crippen LogP contribution in [0.3, 0.4) is 0 Å². The number of likely N-dealkylation sites (tertiary alicyclic amines) is 1. The van der Waals surface area contributed by atoms with Crippen LogP contribution in [-0.2, 0) is 14.8 Å². The van der Waals surface area contributed by atoms with Crippen LogP contribution in [0, 0.1) is 12.8 Å². The number of hydrogen-bond acceptors (Lipinski definition) is 4. The van der Waals surface area contributed by atoms with Gasteiger partial charge in [-0.1, -0.05) is 36.8 Å². The first-order chi connectivity index (χ1) is 13.9. The fourth-order valence-corrected chi connectivity index (χ4v) is 6.03. The summed E-state index contributed by atoms with van der Waals surface area (Å²) >= 11 is 0. The van der Waals surface area contributed by atoms with E-state index >= 15 is 0 Å². The second-order valence-electron chi connectivity index (χ2n) is 8.43. The van der Waals surface area contributed by atoms with Gasteiger partial charge in [0.05, 0.1) is 17.7 Å². The van der Waals surface area contributed by atoms with Crippen molar-refractivity contribution in [1.82, 2.24) is 14.5 Å². The molecule has 2 aliphatic rings. The van der Waals surface area contributed by atoms with Crippen LogP contribution >= 0.6 is 0 Å². The van der Waals surface area contributed by atoms with E-state index < -0.39 is 10.0 Å². The standard InChI is InChI=1S/C22H35N3O3S/c1-3-15-29(27,28)25-14-6-7-20(17-25)22(26)23-16-21(24-12-4-5-13-24)19-10-8-18(2)9-11-19/h8-11,20-21H,3-7,12-17H2,1-2H3,(H,23,26). The lowest BCUT2D eigenvalue weighted by Crippen LogP contribution is -2.47. The van der Waals surface area contributed by atoms with Gasteiger partial charge in [-0.05, 0) is 57.7 Å². The summed E-state index contributed by atoms with van der Waals surface area (Å²) in [6.45, 7) is 7.48. The molecule has 7 heteroatoms. The van der Waals surface area contributed by atoms with Crippen LogP contribution < -0.4 is 5.32 Å². The van der Waals surface area contributed by atoms with Crippen LogP contribution in [0.4, 0.5) is 0 Å². The van der Waals surface area contributed by atoms with E-state index in [2.05, 4.69) is 41.4 Å². The van der Waals surface area contributed by atoms with E-state index in [1.807, 2.05) is 6.92 Å². The van der Waals surface area contributed by atoms with Gasteiger partial charge in [-0.15, -0.1) is 0 Å². The molecule has 1 aromatic rings. The van der Waals surface area contributed by atoms with E-state index in [1.165, 1.54) is 28.3 Å². The Hall–Kier alpha value is -1.44. The van der Waals surface area contributed by atoms with Gasteiger partial charge < -0.3 is 5.32 Å². The fourth-order valence-electron chi connectivity index (χ4n) is 4.44. The zero-order valence-corrected chi connectivity index (χ0v) is 18.6. The molecule has 1 aromatic carbocycles. The van der Waals surface area contributed by atoms with Crippen LogP contribution in [0.5, 0.6) is 0 Å². The molecule has 2 unspecified atom stereocenters. The van der Waals surface area contributed by atoms with Crippen molar-refractivity contribution in [3.05, 3.63) is 35.4 Å². The topological polar surface area (TPSA) is 69.7 Å². The molecule has 162 valence electrons. The first-order valence-corrected chi connectivity index (χ1v) is 12.6. The molecule has 29 heavy (non-hydrogen) atoms. The molecule has 2 aliphatic heterocycles. The highest BCUT2D eigenvalue weighted by Crippen LogP contribution is 2.26. The predicted molar refractivity (Wildman–Crippen MR) is 116 cm³/mol. The number of piperidine rings is 1. The third kappa shape index (κ3) is 5.80. The van der Waals surface area contributed by atoms with Crippen LogP contribution in [-0.4, -0.2) is 62.0 Å². The third-order valence-electron chi connectivity index (χ3n) is 6.12. The lowest BCUT2D eigenvalue weighted by molar-refractivity contribution is -0.126. The number of carbonyl (C=O) groups is 1. The number of sulfonamides is 1. The van der Waals surface area contributed by atoms with Gasteiger partial charge in [-0.3, -0.25) is 9.69 Å². The Balaban J connectivity index is 1.63. The minimum Gasteiger partial charge on any atom is -0.354 e. The lowest BCUT2D eigenvalue weighted by atomic mass is 9.98. The quantitative estimate of drug-likeness (QED) is 0.701. The Morgan fingerprint density at radius 1 is 1.14 bits per heavy atom. The van der Waals surface area contributed by atoms with Gasteiger partial charge in [0.1, 0.15) is 0 Å². The average Bonchev–Trinajstić information content (AvgIpc) is 3.24. The Labute approximate surface area is 175 Å². The first kappa shape index (κ1) is 22.2. The molecular formula is C22H35N3O3S. The Bertz CT molecular complexity index is 773. The van der Waals surface area contributed by atoms with E-state index in [4.69, 9.17) is 0 Å². The van der Waals surface area contributed by atoms with Crippen LogP contribution in [0.2, 0.25) is 0 Å². The van der Waals surface area contributed by atoms with E-state index in [-0.39, 0.29) is 23.6 Å². The van der Waals surface area contributed by atoms with Crippen molar-refractivity contribution in [3.8, 4) is 0 Å². The molecule has 2 heterocycles. The number of nitrogens with zero attached hydrogens (tertiary/aromatic N) is 2. The van der Waals surface area contributed by atoms with Crippen molar-refractivity contribution >= 4 is 15.9 Å². The summed E-state index contributed by atoms with van der Waals surface area (Å²) < 4.78 is 26.3. The van der Waals surface area contributed by atoms with Crippen molar-refractivity contribution in [3.63, 3.8) is 0 Å². The zero-order valence-electron chi connectivity index (χ0n) is 17.8. The Morgan fingerprint density at radius 2 is 1.83 bits per heavy atom. The van der Waals surface area contributed by atoms with Gasteiger partial charge in [0.15, 0.2) is 0 Å². The molecule has 6 nitrogen and oxygen atoms in total. The number of carbonyl (C=O) groups excluding carboxylic acids is 1. The Morgan fingerprint density at radius 3 is 2.48 bits per heavy atom. The van der Waals surface area contributed by atoms with Gasteiger partial charge in [-0.25, -0.2) is 12.7 Å². The molecule has 2 atom stereocenters. The summed E-state index contributed by atoms with van der Waals surface area (Å²) in [7, 11) is -3.25. The summed E-state index contributed by atoms with van der Waals surface area (Å²) in [6.07, 6.45) is 4.49. The van der Waals surface area contributed by atoms with E-state index in [9.17, 15) is 13.2 Å². The number of aryl methyl sites for hydroxylation is 1. The number of hydrogen-bond donors (Lipinski definition) is 1. The highest BCUT2D eigenvalue weighted by molar-refractivity contribution is 7.89. The van der Waals surface area contributed by atoms with E-state index in [0.717, 1.165) is 25.9 Å². The monoisotopic (exact) mass is 421 g/mol. The zero-order chi connectivity index (χ0) is 20.9. The fraction of sp³-hybridized carbons (Fsp3) is 0.682. The van der Waals surface area contributed by atoms with Crippen LogP contribution in [0.15, 0.2) is 24.3 Å². The average molecular weight is 422 g/mol. The molecular weight excluding hydrogens is 386 g/mol. The van der Waals surface area contributed by atoms with Crippen LogP contribution in [0.1, 0.15) is 56.2 Å². The molecule has 0 radical (unpaired) electrons. The predicted octanol–water partition coefficient (Wildman–Crippen LogP) is 2.70. The molecule has 2 saturated heterocycles. The maximum absolute atomic E-state index is 12.9. The second-order valence-corrected chi connectivity index (χ2v) is 10.5. The molecule has 3 rings (SSSR count). The van der Waals surface area contributed by atoms with E-state index in [1.54, 1.807) is 0 Å². The van der Waals surface area contributed by atoms with Gasteiger partial charge in [0.2, 0.25) is 15.9 Å². The van der Waals surface area contributed by atoms with Gasteiger partial charge in [0.25, 0.3) is 0 Å². The first-order valence-electron chi connectivity index (χ1n) is 11.0. The minimum atomic E-state index is -3.25. The molecule has 2 fully saturated rings. The summed E-state index contributed by atoms with van der Waals surface area (Å²) in [5, 5.41) is 3.14. The van der Waals surface area contributed by atoms with E-state index in [0.29, 0.717) is 26.1 Å². The molecule has 1 amide bonds. The number of nitrogens with one attached hydrogen (secondary N) is 1. The third-order valence-corrected chi connectivity index (χ3v) is 8.17. The lowest BCUT2D eigenvalue weighted by Gasteiger charge is -2.32. The van der Waals surface area contributed by atoms with Crippen molar-refractivity contribution in [2.45, 2.75) is 52.0 Å². The normalized spacial score (nSPS) is 22.5. The summed E-state index contributed by atoms with van der Waals surface area (Å²) in [5.74, 6) is -0.114. The highest BCUT2D eigenvalue weighted by atomic mass is 32.2. The van der Waals surface area contributed by atoms with Crippen molar-refractivity contribution in [2.24, 2.45) is 5.92 Å². The van der Waals surface area contributed by atoms with Crippen molar-refractivity contribution < 1.29 is 13.2 Å². The summed E-state index contributed by atoms with van der Waals surface area (Å²) in [6, 6.07) is 8.73. The van der Waals surface area contributed by atoms with Gasteiger partial charge in [0, 0.05) is 19.6 Å². The summed E-state index contributed by atoms with van der Waals surface area (Å²) in [4.78, 5) is 15.3. The number of amides is 1. The number of benzene rings is 1. The largest absolute Gasteiger partial charge is 0.354 e. The second kappa shape index (κ2) is 10.0. The molecule has 0 aromatic heterocycles. The Kier molecular flexibility index (Phi) is 7.71.